The van der Waals surface area contributed by atoms with Crippen LogP contribution in [0.4, 0.5) is 10.1 Å². The van der Waals surface area contributed by atoms with E-state index >= 15 is 0 Å². The second kappa shape index (κ2) is 14.3. The number of halogens is 1. The normalized spacial score (nSPS) is 15.9. The van der Waals surface area contributed by atoms with E-state index in [-0.39, 0.29) is 37.3 Å². The largest absolute Gasteiger partial charge is 0.375 e. The number of ether oxygens (including phenoxy) is 1. The molecule has 0 aliphatic carbocycles. The van der Waals surface area contributed by atoms with Crippen molar-refractivity contribution < 1.29 is 23.2 Å². The Kier molecular flexibility index (Phi) is 11.2. The number of methoxy groups -OCH3 is 1. The third-order valence-corrected chi connectivity index (χ3v) is 6.55. The van der Waals surface area contributed by atoms with Gasteiger partial charge in [0.15, 0.2) is 5.82 Å². The summed E-state index contributed by atoms with van der Waals surface area (Å²) in [6, 6.07) is 4.41. The first-order chi connectivity index (χ1) is 18.2. The molecule has 0 N–H and O–H groups in total. The van der Waals surface area contributed by atoms with E-state index in [1.165, 1.54) is 19.2 Å². The van der Waals surface area contributed by atoms with Gasteiger partial charge >= 0.3 is 0 Å². The van der Waals surface area contributed by atoms with Crippen LogP contribution in [0.2, 0.25) is 0 Å². The van der Waals surface area contributed by atoms with E-state index in [4.69, 9.17) is 9.26 Å². The second-order valence-corrected chi connectivity index (χ2v) is 10.7. The van der Waals surface area contributed by atoms with Crippen LogP contribution in [0.3, 0.4) is 0 Å². The van der Waals surface area contributed by atoms with Gasteiger partial charge in [-0.15, -0.1) is 0 Å². The summed E-state index contributed by atoms with van der Waals surface area (Å²) in [5.41, 5.74) is 1.21. The van der Waals surface area contributed by atoms with Crippen molar-refractivity contribution in [2.45, 2.75) is 65.8 Å². The van der Waals surface area contributed by atoms with Gasteiger partial charge in [-0.05, 0) is 55.6 Å². The van der Waals surface area contributed by atoms with Crippen LogP contribution in [-0.2, 0) is 27.3 Å². The minimum atomic E-state index is -0.405. The predicted octanol–water partition coefficient (Wildman–Crippen LogP) is 4.02. The fourth-order valence-corrected chi connectivity index (χ4v) is 4.75. The molecule has 38 heavy (non-hydrogen) atoms. The zero-order valence-electron chi connectivity index (χ0n) is 23.4. The van der Waals surface area contributed by atoms with Crippen LogP contribution in [0.15, 0.2) is 22.7 Å². The molecule has 2 aromatic rings. The van der Waals surface area contributed by atoms with E-state index in [0.29, 0.717) is 48.4 Å². The average molecular weight is 532 g/mol. The molecule has 0 spiro atoms. The molecule has 10 heteroatoms. The Morgan fingerprint density at radius 1 is 1.08 bits per heavy atom. The van der Waals surface area contributed by atoms with Gasteiger partial charge in [0.05, 0.1) is 0 Å². The summed E-state index contributed by atoms with van der Waals surface area (Å²) in [6.45, 7) is 12.1. The maximum absolute atomic E-state index is 14.4. The van der Waals surface area contributed by atoms with Gasteiger partial charge in [-0.2, -0.15) is 4.98 Å². The summed E-state index contributed by atoms with van der Waals surface area (Å²) >= 11 is 0. The third-order valence-electron chi connectivity index (χ3n) is 6.55. The SMILES string of the molecule is COCC(=O)N1CCCN(CC(C)C)CCCN(C(=O)CCc2nc(C(C)C)no2)Cc2cc(F)ccc21. The number of carbonyl (C=O) groups excluding carboxylic acids is 2. The minimum absolute atomic E-state index is 0.0717. The fourth-order valence-electron chi connectivity index (χ4n) is 4.75. The second-order valence-electron chi connectivity index (χ2n) is 10.7. The average Bonchev–Trinajstić information content (AvgIpc) is 3.33. The molecule has 0 fully saturated rings. The van der Waals surface area contributed by atoms with Crippen LogP contribution >= 0.6 is 0 Å². The number of carbonyl (C=O) groups is 2. The molecule has 9 nitrogen and oxygen atoms in total. The summed E-state index contributed by atoms with van der Waals surface area (Å²) in [6.07, 6.45) is 2.12. The summed E-state index contributed by atoms with van der Waals surface area (Å²) < 4.78 is 24.9. The van der Waals surface area contributed by atoms with E-state index in [1.54, 1.807) is 15.9 Å². The molecule has 0 bridgehead atoms. The van der Waals surface area contributed by atoms with Gasteiger partial charge < -0.3 is 24.0 Å². The Balaban J connectivity index is 1.87. The number of hydrogen-bond donors (Lipinski definition) is 0. The molecule has 0 radical (unpaired) electrons. The summed E-state index contributed by atoms with van der Waals surface area (Å²) in [5, 5.41) is 3.98. The van der Waals surface area contributed by atoms with Crippen LogP contribution < -0.4 is 4.90 Å². The van der Waals surface area contributed by atoms with Crippen LogP contribution in [0.5, 0.6) is 0 Å². The van der Waals surface area contributed by atoms with Crippen molar-refractivity contribution >= 4 is 17.5 Å². The third kappa shape index (κ3) is 8.59. The van der Waals surface area contributed by atoms with Gasteiger partial charge in [0, 0.05) is 57.7 Å². The van der Waals surface area contributed by atoms with Crippen LogP contribution in [0.25, 0.3) is 0 Å². The van der Waals surface area contributed by atoms with Crippen LogP contribution in [0.1, 0.15) is 70.2 Å². The quantitative estimate of drug-likeness (QED) is 0.508. The van der Waals surface area contributed by atoms with Gasteiger partial charge in [0.2, 0.25) is 11.8 Å². The zero-order valence-corrected chi connectivity index (χ0v) is 23.4. The molecule has 3 rings (SSSR count). The number of aryl methyl sites for hydroxylation is 1. The molecular formula is C28H42FN5O4. The molecule has 2 heterocycles. The van der Waals surface area contributed by atoms with Crippen molar-refractivity contribution in [2.24, 2.45) is 5.92 Å². The van der Waals surface area contributed by atoms with E-state index in [1.807, 2.05) is 13.8 Å². The number of hydrogen-bond acceptors (Lipinski definition) is 7. The Bertz CT molecular complexity index is 1060. The fraction of sp³-hybridized carbons (Fsp3) is 0.643. The zero-order chi connectivity index (χ0) is 27.7. The first kappa shape index (κ1) is 29.7. The highest BCUT2D eigenvalue weighted by atomic mass is 19.1. The lowest BCUT2D eigenvalue weighted by Crippen LogP contribution is -2.40. The molecule has 1 aromatic heterocycles. The first-order valence-corrected chi connectivity index (χ1v) is 13.6. The number of benzene rings is 1. The Hall–Kier alpha value is -2.85. The maximum Gasteiger partial charge on any atom is 0.252 e. The molecule has 1 aromatic carbocycles. The highest BCUT2D eigenvalue weighted by molar-refractivity contribution is 5.95. The lowest BCUT2D eigenvalue weighted by atomic mass is 10.1. The van der Waals surface area contributed by atoms with Gasteiger partial charge in [-0.3, -0.25) is 9.59 Å². The molecule has 2 amide bonds. The number of aromatic nitrogens is 2. The number of fused-ring (bicyclic) bond motifs is 1. The van der Waals surface area contributed by atoms with E-state index in [2.05, 4.69) is 28.9 Å². The monoisotopic (exact) mass is 531 g/mol. The molecule has 1 aliphatic heterocycles. The summed E-state index contributed by atoms with van der Waals surface area (Å²) in [7, 11) is 1.48. The smallest absolute Gasteiger partial charge is 0.252 e. The summed E-state index contributed by atoms with van der Waals surface area (Å²) in [5.74, 6) is 1.02. The molecule has 0 saturated heterocycles. The van der Waals surface area contributed by atoms with E-state index in [9.17, 15) is 14.0 Å². The lowest BCUT2D eigenvalue weighted by Gasteiger charge is -2.32. The van der Waals surface area contributed by atoms with Crippen molar-refractivity contribution in [3.63, 3.8) is 0 Å². The minimum Gasteiger partial charge on any atom is -0.375 e. The highest BCUT2D eigenvalue weighted by Crippen LogP contribution is 2.25. The Morgan fingerprint density at radius 3 is 2.47 bits per heavy atom. The van der Waals surface area contributed by atoms with E-state index in [0.717, 1.165) is 32.5 Å². The Labute approximate surface area is 225 Å². The molecule has 0 atom stereocenters. The van der Waals surface area contributed by atoms with Crippen molar-refractivity contribution in [1.82, 2.24) is 19.9 Å². The molecule has 0 saturated carbocycles. The number of nitrogens with zero attached hydrogens (tertiary/aromatic N) is 5. The number of rotatable bonds is 8. The van der Waals surface area contributed by atoms with Gasteiger partial charge in [-0.25, -0.2) is 4.39 Å². The van der Waals surface area contributed by atoms with Crippen LogP contribution in [-0.4, -0.2) is 78.2 Å². The molecule has 210 valence electrons. The summed E-state index contributed by atoms with van der Waals surface area (Å²) in [4.78, 5) is 36.7. The van der Waals surface area contributed by atoms with Crippen molar-refractivity contribution in [3.05, 3.63) is 41.3 Å². The maximum atomic E-state index is 14.4. The van der Waals surface area contributed by atoms with Crippen LogP contribution in [0, 0.1) is 11.7 Å². The van der Waals surface area contributed by atoms with Crippen molar-refractivity contribution in [2.75, 3.05) is 51.3 Å². The lowest BCUT2D eigenvalue weighted by molar-refractivity contribution is -0.132. The van der Waals surface area contributed by atoms with Gasteiger partial charge in [-0.1, -0.05) is 32.9 Å². The van der Waals surface area contributed by atoms with Crippen molar-refractivity contribution in [1.29, 1.82) is 0 Å². The predicted molar refractivity (Wildman–Crippen MR) is 143 cm³/mol. The number of anilines is 1. The molecule has 0 unspecified atom stereocenters. The molecule has 1 aliphatic rings. The molecular weight excluding hydrogens is 489 g/mol. The highest BCUT2D eigenvalue weighted by Gasteiger charge is 2.24. The van der Waals surface area contributed by atoms with Gasteiger partial charge in [0.25, 0.3) is 5.91 Å². The number of amides is 2. The standard InChI is InChI=1S/C28H42FN5O4/c1-20(2)17-32-12-6-14-33(26(35)11-10-25-30-28(21(3)4)31-38-25)18-22-16-23(29)8-9-24(22)34(15-7-13-32)27(36)19-37-5/h8-9,16,20-21H,6-7,10-15,17-19H2,1-5H3. The van der Waals surface area contributed by atoms with Gasteiger partial charge in [0.1, 0.15) is 12.4 Å². The first-order valence-electron chi connectivity index (χ1n) is 13.6. The Morgan fingerprint density at radius 2 is 1.82 bits per heavy atom. The topological polar surface area (TPSA) is 92.0 Å². The van der Waals surface area contributed by atoms with E-state index < -0.39 is 5.82 Å². The van der Waals surface area contributed by atoms with Crippen molar-refractivity contribution in [3.8, 4) is 0 Å².